The van der Waals surface area contributed by atoms with Crippen LogP contribution in [0, 0.1) is 15.9 Å². The molecule has 1 unspecified atom stereocenters. The number of non-ortho nitro benzene ring substituents is 1. The monoisotopic (exact) mass is 449 g/mol. The van der Waals surface area contributed by atoms with E-state index >= 15 is 0 Å². The Labute approximate surface area is 178 Å². The van der Waals surface area contributed by atoms with Crippen LogP contribution in [0.3, 0.4) is 0 Å². The van der Waals surface area contributed by atoms with Gasteiger partial charge < -0.3 is 15.4 Å². The number of ether oxygens (including phenoxy) is 1. The predicted molar refractivity (Wildman–Crippen MR) is 113 cm³/mol. The summed E-state index contributed by atoms with van der Waals surface area (Å²) in [5, 5.41) is 24.2. The van der Waals surface area contributed by atoms with Crippen molar-refractivity contribution in [2.75, 3.05) is 17.7 Å². The Morgan fingerprint density at radius 1 is 1.27 bits per heavy atom. The fourth-order valence-corrected chi connectivity index (χ4v) is 4.24. The van der Waals surface area contributed by atoms with Crippen LogP contribution < -0.4 is 15.4 Å². The SMILES string of the molecule is COc1ccc([N+](=O)[O-])cc1NC(=O)C(C)Sc1nnc(Nc2ccccc2F)s1. The Bertz CT molecular complexity index is 1080. The molecular formula is C18H16FN5O4S2. The lowest BCUT2D eigenvalue weighted by atomic mass is 10.2. The maximum absolute atomic E-state index is 13.7. The first-order chi connectivity index (χ1) is 14.4. The van der Waals surface area contributed by atoms with Crippen molar-refractivity contribution in [1.82, 2.24) is 10.2 Å². The summed E-state index contributed by atoms with van der Waals surface area (Å²) in [5.74, 6) is -0.503. The second kappa shape index (κ2) is 9.50. The number of nitro groups is 1. The molecule has 3 aromatic rings. The zero-order valence-corrected chi connectivity index (χ0v) is 17.4. The summed E-state index contributed by atoms with van der Waals surface area (Å²) < 4.78 is 19.4. The highest BCUT2D eigenvalue weighted by atomic mass is 32.2. The molecule has 0 fully saturated rings. The number of nitrogens with one attached hydrogen (secondary N) is 2. The fourth-order valence-electron chi connectivity index (χ4n) is 2.33. The number of halogens is 1. The molecule has 1 heterocycles. The molecule has 156 valence electrons. The number of thioether (sulfide) groups is 1. The first-order valence-corrected chi connectivity index (χ1v) is 10.2. The second-order valence-corrected chi connectivity index (χ2v) is 8.43. The van der Waals surface area contributed by atoms with E-state index in [0.29, 0.717) is 15.2 Å². The van der Waals surface area contributed by atoms with E-state index < -0.39 is 21.9 Å². The molecule has 9 nitrogen and oxygen atoms in total. The number of hydrogen-bond acceptors (Lipinski definition) is 9. The summed E-state index contributed by atoms with van der Waals surface area (Å²) in [6.45, 7) is 1.66. The summed E-state index contributed by atoms with van der Waals surface area (Å²) >= 11 is 2.33. The van der Waals surface area contributed by atoms with Crippen LogP contribution in [0.25, 0.3) is 0 Å². The van der Waals surface area contributed by atoms with Crippen LogP contribution in [0.2, 0.25) is 0 Å². The standard InChI is InChI=1S/C18H16FN5O4S2/c1-10(16(25)20-14-9-11(24(26)27)7-8-15(14)28-2)29-18-23-22-17(30-18)21-13-6-4-3-5-12(13)19/h3-10H,1-2H3,(H,20,25)(H,21,22). The van der Waals surface area contributed by atoms with E-state index in [-0.39, 0.29) is 17.1 Å². The average Bonchev–Trinajstić information content (AvgIpc) is 3.16. The Balaban J connectivity index is 1.65. The van der Waals surface area contributed by atoms with Gasteiger partial charge in [-0.1, -0.05) is 35.2 Å². The van der Waals surface area contributed by atoms with E-state index in [0.717, 1.165) is 11.8 Å². The Hall–Kier alpha value is -3.25. The number of para-hydroxylation sites is 1. The molecule has 0 radical (unpaired) electrons. The molecule has 30 heavy (non-hydrogen) atoms. The minimum absolute atomic E-state index is 0.167. The molecule has 1 atom stereocenters. The lowest BCUT2D eigenvalue weighted by Crippen LogP contribution is -2.22. The lowest BCUT2D eigenvalue weighted by Gasteiger charge is -2.13. The highest BCUT2D eigenvalue weighted by Gasteiger charge is 2.20. The quantitative estimate of drug-likeness (QED) is 0.294. The smallest absolute Gasteiger partial charge is 0.271 e. The first-order valence-electron chi connectivity index (χ1n) is 8.52. The van der Waals surface area contributed by atoms with Gasteiger partial charge in [-0.2, -0.15) is 0 Å². The minimum atomic E-state index is -0.580. The highest BCUT2D eigenvalue weighted by molar-refractivity contribution is 8.02. The van der Waals surface area contributed by atoms with Crippen LogP contribution in [-0.4, -0.2) is 33.4 Å². The van der Waals surface area contributed by atoms with E-state index in [1.807, 2.05) is 0 Å². The van der Waals surface area contributed by atoms with Crippen molar-refractivity contribution in [3.05, 3.63) is 58.4 Å². The number of nitro benzene ring substituents is 1. The second-order valence-electron chi connectivity index (χ2n) is 5.87. The number of rotatable bonds is 8. The molecule has 1 aromatic heterocycles. The van der Waals surface area contributed by atoms with Gasteiger partial charge >= 0.3 is 0 Å². The number of hydrogen-bond donors (Lipinski definition) is 2. The van der Waals surface area contributed by atoms with E-state index in [9.17, 15) is 19.3 Å². The molecule has 0 saturated heterocycles. The summed E-state index contributed by atoms with van der Waals surface area (Å²) in [7, 11) is 1.40. The Kier molecular flexibility index (Phi) is 6.79. The molecule has 0 spiro atoms. The number of aromatic nitrogens is 2. The van der Waals surface area contributed by atoms with Gasteiger partial charge in [0.2, 0.25) is 11.0 Å². The highest BCUT2D eigenvalue weighted by Crippen LogP contribution is 2.33. The van der Waals surface area contributed by atoms with Gasteiger partial charge in [0.15, 0.2) is 4.34 Å². The van der Waals surface area contributed by atoms with Gasteiger partial charge in [0.1, 0.15) is 11.6 Å². The van der Waals surface area contributed by atoms with Gasteiger partial charge in [-0.25, -0.2) is 4.39 Å². The van der Waals surface area contributed by atoms with E-state index in [4.69, 9.17) is 4.74 Å². The van der Waals surface area contributed by atoms with Crippen molar-refractivity contribution in [3.8, 4) is 5.75 Å². The maximum Gasteiger partial charge on any atom is 0.271 e. The number of anilines is 3. The third-order valence-corrected chi connectivity index (χ3v) is 5.84. The molecule has 3 rings (SSSR count). The van der Waals surface area contributed by atoms with Crippen LogP contribution in [-0.2, 0) is 4.79 Å². The molecule has 2 N–H and O–H groups in total. The van der Waals surface area contributed by atoms with Crippen LogP contribution >= 0.6 is 23.1 Å². The van der Waals surface area contributed by atoms with Crippen molar-refractivity contribution >= 4 is 51.2 Å². The van der Waals surface area contributed by atoms with Gasteiger partial charge in [-0.15, -0.1) is 10.2 Å². The summed E-state index contributed by atoms with van der Waals surface area (Å²) in [6.07, 6.45) is 0. The van der Waals surface area contributed by atoms with E-state index in [1.165, 1.54) is 42.7 Å². The van der Waals surface area contributed by atoms with Gasteiger partial charge in [-0.05, 0) is 25.1 Å². The summed E-state index contributed by atoms with van der Waals surface area (Å²) in [5.41, 5.74) is 0.302. The summed E-state index contributed by atoms with van der Waals surface area (Å²) in [4.78, 5) is 23.0. The predicted octanol–water partition coefficient (Wildman–Crippen LogP) is 4.46. The maximum atomic E-state index is 13.7. The molecule has 1 amide bonds. The van der Waals surface area contributed by atoms with Crippen molar-refractivity contribution in [1.29, 1.82) is 0 Å². The lowest BCUT2D eigenvalue weighted by molar-refractivity contribution is -0.384. The molecule has 12 heteroatoms. The number of carbonyl (C=O) groups excluding carboxylic acids is 1. The number of amides is 1. The van der Waals surface area contributed by atoms with E-state index in [2.05, 4.69) is 20.8 Å². The number of methoxy groups -OCH3 is 1. The molecule has 2 aromatic carbocycles. The van der Waals surface area contributed by atoms with Gasteiger partial charge in [0, 0.05) is 12.1 Å². The molecule has 0 aliphatic carbocycles. The topological polar surface area (TPSA) is 119 Å². The number of nitrogens with zero attached hydrogens (tertiary/aromatic N) is 3. The van der Waals surface area contributed by atoms with Gasteiger partial charge in [0.25, 0.3) is 5.69 Å². The molecule has 0 saturated carbocycles. The average molecular weight is 449 g/mol. The van der Waals surface area contributed by atoms with Crippen LogP contribution in [0.5, 0.6) is 5.75 Å². The van der Waals surface area contributed by atoms with Crippen molar-refractivity contribution < 1.29 is 18.8 Å². The molecular weight excluding hydrogens is 433 g/mol. The largest absolute Gasteiger partial charge is 0.495 e. The molecule has 0 aliphatic rings. The third kappa shape index (κ3) is 5.21. The van der Waals surface area contributed by atoms with Crippen LogP contribution in [0.4, 0.5) is 26.6 Å². The Morgan fingerprint density at radius 2 is 2.03 bits per heavy atom. The third-order valence-electron chi connectivity index (χ3n) is 3.82. The molecule has 0 bridgehead atoms. The zero-order chi connectivity index (χ0) is 21.7. The van der Waals surface area contributed by atoms with Crippen molar-refractivity contribution in [2.45, 2.75) is 16.5 Å². The van der Waals surface area contributed by atoms with Gasteiger partial charge in [0.05, 0.1) is 28.7 Å². The van der Waals surface area contributed by atoms with Gasteiger partial charge in [-0.3, -0.25) is 14.9 Å². The van der Waals surface area contributed by atoms with Crippen molar-refractivity contribution in [2.24, 2.45) is 0 Å². The Morgan fingerprint density at radius 3 is 2.73 bits per heavy atom. The van der Waals surface area contributed by atoms with Crippen LogP contribution in [0.1, 0.15) is 6.92 Å². The molecule has 0 aliphatic heterocycles. The fraction of sp³-hybridized carbons (Fsp3) is 0.167. The summed E-state index contributed by atoms with van der Waals surface area (Å²) in [6, 6.07) is 10.1. The minimum Gasteiger partial charge on any atom is -0.495 e. The first kappa shape index (κ1) is 21.5. The van der Waals surface area contributed by atoms with E-state index in [1.54, 1.807) is 25.1 Å². The van der Waals surface area contributed by atoms with Crippen molar-refractivity contribution in [3.63, 3.8) is 0 Å². The number of benzene rings is 2. The zero-order valence-electron chi connectivity index (χ0n) is 15.8. The normalized spacial score (nSPS) is 11.6. The number of carbonyl (C=O) groups is 1. The van der Waals surface area contributed by atoms with Crippen LogP contribution in [0.15, 0.2) is 46.8 Å².